The Labute approximate surface area is 129 Å². The second kappa shape index (κ2) is 9.45. The van der Waals surface area contributed by atoms with Gasteiger partial charge >= 0.3 is 0 Å². The molecule has 1 aliphatic carbocycles. The molecule has 2 nitrogen and oxygen atoms in total. The van der Waals surface area contributed by atoms with Gasteiger partial charge in [-0.25, -0.2) is 0 Å². The first-order valence-electron chi connectivity index (χ1n) is 8.55. The van der Waals surface area contributed by atoms with Crippen LogP contribution in [0.5, 0.6) is 5.75 Å². The van der Waals surface area contributed by atoms with E-state index in [4.69, 9.17) is 10.00 Å². The molecule has 0 amide bonds. The van der Waals surface area contributed by atoms with Gasteiger partial charge in [0, 0.05) is 0 Å². The fraction of sp³-hybridized carbons (Fsp3) is 0.632. The SMILES string of the molecule is N#Cc1ccc(OC2CCCCCCCCCCC2)cc1. The van der Waals surface area contributed by atoms with Gasteiger partial charge in [0.15, 0.2) is 0 Å². The summed E-state index contributed by atoms with van der Waals surface area (Å²) in [5.74, 6) is 0.908. The standard InChI is InChI=1S/C19H27NO/c20-16-17-12-14-19(15-13-17)21-18-10-8-6-4-2-1-3-5-7-9-11-18/h12-15,18H,1-11H2. The van der Waals surface area contributed by atoms with Crippen LogP contribution in [0.4, 0.5) is 0 Å². The lowest BCUT2D eigenvalue weighted by molar-refractivity contribution is 0.172. The number of nitrogens with zero attached hydrogens (tertiary/aromatic N) is 1. The summed E-state index contributed by atoms with van der Waals surface area (Å²) >= 11 is 0. The predicted molar refractivity (Wildman–Crippen MR) is 86.4 cm³/mol. The molecule has 0 spiro atoms. The van der Waals surface area contributed by atoms with Crippen molar-refractivity contribution >= 4 is 0 Å². The number of hydrogen-bond acceptors (Lipinski definition) is 2. The summed E-state index contributed by atoms with van der Waals surface area (Å²) in [6, 6.07) is 9.68. The van der Waals surface area contributed by atoms with Crippen LogP contribution in [-0.2, 0) is 0 Å². The summed E-state index contributed by atoms with van der Waals surface area (Å²) in [5, 5.41) is 8.83. The second-order valence-electron chi connectivity index (χ2n) is 6.14. The minimum Gasteiger partial charge on any atom is -0.490 e. The van der Waals surface area contributed by atoms with Crippen LogP contribution in [0.3, 0.4) is 0 Å². The number of ether oxygens (including phenoxy) is 1. The Morgan fingerprint density at radius 1 is 0.762 bits per heavy atom. The highest BCUT2D eigenvalue weighted by atomic mass is 16.5. The van der Waals surface area contributed by atoms with E-state index in [1.54, 1.807) is 0 Å². The van der Waals surface area contributed by atoms with Crippen molar-refractivity contribution in [1.82, 2.24) is 0 Å². The van der Waals surface area contributed by atoms with Gasteiger partial charge in [-0.05, 0) is 49.9 Å². The summed E-state index contributed by atoms with van der Waals surface area (Å²) < 4.78 is 6.15. The third kappa shape index (κ3) is 6.21. The molecule has 21 heavy (non-hydrogen) atoms. The van der Waals surface area contributed by atoms with E-state index in [-0.39, 0.29) is 0 Å². The maximum atomic E-state index is 8.83. The average molecular weight is 285 g/mol. The lowest BCUT2D eigenvalue weighted by atomic mass is 9.99. The van der Waals surface area contributed by atoms with Crippen LogP contribution in [0.15, 0.2) is 24.3 Å². The summed E-state index contributed by atoms with van der Waals surface area (Å²) in [4.78, 5) is 0. The summed E-state index contributed by atoms with van der Waals surface area (Å²) in [7, 11) is 0. The molecule has 1 fully saturated rings. The van der Waals surface area contributed by atoms with Gasteiger partial charge in [0.25, 0.3) is 0 Å². The molecule has 0 bridgehead atoms. The van der Waals surface area contributed by atoms with Crippen LogP contribution < -0.4 is 4.74 Å². The zero-order valence-corrected chi connectivity index (χ0v) is 13.0. The Bertz CT molecular complexity index is 420. The molecular weight excluding hydrogens is 258 g/mol. The molecule has 0 heterocycles. The average Bonchev–Trinajstić information content (AvgIpc) is 2.51. The van der Waals surface area contributed by atoms with Gasteiger partial charge < -0.3 is 4.74 Å². The summed E-state index contributed by atoms with van der Waals surface area (Å²) in [6.07, 6.45) is 14.9. The predicted octanol–water partition coefficient (Wildman–Crippen LogP) is 5.61. The second-order valence-corrected chi connectivity index (χ2v) is 6.14. The highest BCUT2D eigenvalue weighted by Crippen LogP contribution is 2.21. The van der Waals surface area contributed by atoms with E-state index in [2.05, 4.69) is 6.07 Å². The van der Waals surface area contributed by atoms with E-state index in [0.717, 1.165) is 5.75 Å². The number of rotatable bonds is 2. The molecule has 0 N–H and O–H groups in total. The van der Waals surface area contributed by atoms with Crippen molar-refractivity contribution in [2.45, 2.75) is 76.7 Å². The van der Waals surface area contributed by atoms with E-state index in [9.17, 15) is 0 Å². The molecule has 2 rings (SSSR count). The lowest BCUT2D eigenvalue weighted by Gasteiger charge is -2.20. The summed E-state index contributed by atoms with van der Waals surface area (Å²) in [5.41, 5.74) is 0.695. The molecule has 0 aromatic heterocycles. The smallest absolute Gasteiger partial charge is 0.119 e. The van der Waals surface area contributed by atoms with Crippen molar-refractivity contribution < 1.29 is 4.74 Å². The van der Waals surface area contributed by atoms with Gasteiger partial charge in [-0.15, -0.1) is 0 Å². The number of nitriles is 1. The van der Waals surface area contributed by atoms with E-state index in [1.165, 1.54) is 70.6 Å². The number of benzene rings is 1. The van der Waals surface area contributed by atoms with Crippen molar-refractivity contribution in [3.8, 4) is 11.8 Å². The minimum absolute atomic E-state index is 0.345. The molecule has 2 heteroatoms. The molecule has 0 unspecified atom stereocenters. The van der Waals surface area contributed by atoms with E-state index < -0.39 is 0 Å². The van der Waals surface area contributed by atoms with Gasteiger partial charge in [-0.1, -0.05) is 44.9 Å². The molecule has 1 aromatic rings. The maximum absolute atomic E-state index is 8.83. The van der Waals surface area contributed by atoms with Crippen molar-refractivity contribution in [2.24, 2.45) is 0 Å². The van der Waals surface area contributed by atoms with Crippen molar-refractivity contribution in [3.05, 3.63) is 29.8 Å². The highest BCUT2D eigenvalue weighted by molar-refractivity contribution is 5.34. The third-order valence-corrected chi connectivity index (χ3v) is 4.34. The molecular formula is C19H27NO. The number of hydrogen-bond donors (Lipinski definition) is 0. The normalized spacial score (nSPS) is 19.0. The van der Waals surface area contributed by atoms with Crippen LogP contribution in [0, 0.1) is 11.3 Å². The largest absolute Gasteiger partial charge is 0.490 e. The fourth-order valence-electron chi connectivity index (χ4n) is 3.04. The van der Waals surface area contributed by atoms with E-state index in [0.29, 0.717) is 11.7 Å². The highest BCUT2D eigenvalue weighted by Gasteiger charge is 2.11. The Morgan fingerprint density at radius 2 is 1.24 bits per heavy atom. The van der Waals surface area contributed by atoms with Crippen LogP contribution in [0.25, 0.3) is 0 Å². The molecule has 0 atom stereocenters. The van der Waals surface area contributed by atoms with Gasteiger partial charge in [0.05, 0.1) is 17.7 Å². The molecule has 0 radical (unpaired) electrons. The molecule has 1 aliphatic rings. The van der Waals surface area contributed by atoms with Crippen molar-refractivity contribution in [3.63, 3.8) is 0 Å². The zero-order valence-electron chi connectivity index (χ0n) is 13.0. The topological polar surface area (TPSA) is 33.0 Å². The Balaban J connectivity index is 1.85. The van der Waals surface area contributed by atoms with Crippen molar-refractivity contribution in [1.29, 1.82) is 5.26 Å². The summed E-state index contributed by atoms with van der Waals surface area (Å²) in [6.45, 7) is 0. The minimum atomic E-state index is 0.345. The Hall–Kier alpha value is -1.49. The molecule has 114 valence electrons. The van der Waals surface area contributed by atoms with E-state index >= 15 is 0 Å². The molecule has 0 saturated heterocycles. The fourth-order valence-corrected chi connectivity index (χ4v) is 3.04. The quantitative estimate of drug-likeness (QED) is 0.707. The first kappa shape index (κ1) is 15.9. The van der Waals surface area contributed by atoms with Crippen LogP contribution >= 0.6 is 0 Å². The van der Waals surface area contributed by atoms with Crippen molar-refractivity contribution in [2.75, 3.05) is 0 Å². The van der Waals surface area contributed by atoms with Gasteiger partial charge in [-0.2, -0.15) is 5.26 Å². The zero-order chi connectivity index (χ0) is 14.8. The van der Waals surface area contributed by atoms with Gasteiger partial charge in [-0.3, -0.25) is 0 Å². The Morgan fingerprint density at radius 3 is 1.71 bits per heavy atom. The maximum Gasteiger partial charge on any atom is 0.119 e. The van der Waals surface area contributed by atoms with E-state index in [1.807, 2.05) is 24.3 Å². The van der Waals surface area contributed by atoms with Crippen LogP contribution in [0.1, 0.15) is 76.2 Å². The molecule has 0 aliphatic heterocycles. The van der Waals surface area contributed by atoms with Crippen LogP contribution in [-0.4, -0.2) is 6.10 Å². The van der Waals surface area contributed by atoms with Crippen LogP contribution in [0.2, 0.25) is 0 Å². The molecule has 1 aromatic carbocycles. The Kier molecular flexibility index (Phi) is 7.15. The monoisotopic (exact) mass is 285 g/mol. The third-order valence-electron chi connectivity index (χ3n) is 4.34. The first-order valence-corrected chi connectivity index (χ1v) is 8.55. The van der Waals surface area contributed by atoms with Gasteiger partial charge in [0.2, 0.25) is 0 Å². The lowest BCUT2D eigenvalue weighted by Crippen LogP contribution is -2.16. The molecule has 1 saturated carbocycles. The first-order chi connectivity index (χ1) is 10.4. The van der Waals surface area contributed by atoms with Gasteiger partial charge in [0.1, 0.15) is 5.75 Å².